The Bertz CT molecular complexity index is 132. The molecule has 1 unspecified atom stereocenters. The van der Waals surface area contributed by atoms with Gasteiger partial charge in [0.25, 0.3) is 0 Å². The SMILES string of the molecule is CC(=O)CC(C)(O)N(C)N. The molecule has 4 heteroatoms. The van der Waals surface area contributed by atoms with Gasteiger partial charge in [-0.3, -0.25) is 10.6 Å². The minimum atomic E-state index is -1.22. The van der Waals surface area contributed by atoms with E-state index in [1.54, 1.807) is 0 Å². The molecule has 3 N–H and O–H groups in total. The van der Waals surface area contributed by atoms with E-state index in [0.717, 1.165) is 5.01 Å². The molecule has 0 heterocycles. The van der Waals surface area contributed by atoms with E-state index in [0.29, 0.717) is 0 Å². The van der Waals surface area contributed by atoms with Crippen LogP contribution in [0.4, 0.5) is 0 Å². The van der Waals surface area contributed by atoms with Gasteiger partial charge in [-0.2, -0.15) is 0 Å². The van der Waals surface area contributed by atoms with Gasteiger partial charge in [-0.25, -0.2) is 5.01 Å². The minimum Gasteiger partial charge on any atom is -0.374 e. The summed E-state index contributed by atoms with van der Waals surface area (Å²) in [6.07, 6.45) is 0.0556. The van der Waals surface area contributed by atoms with E-state index in [9.17, 15) is 9.90 Å². The van der Waals surface area contributed by atoms with Crippen LogP contribution in [-0.2, 0) is 4.79 Å². The number of aliphatic hydroxyl groups is 1. The summed E-state index contributed by atoms with van der Waals surface area (Å²) in [5, 5.41) is 10.5. The Hall–Kier alpha value is -0.450. The van der Waals surface area contributed by atoms with Crippen molar-refractivity contribution in [1.29, 1.82) is 0 Å². The topological polar surface area (TPSA) is 66.6 Å². The number of hydrogen-bond acceptors (Lipinski definition) is 4. The molecule has 60 valence electrons. The van der Waals surface area contributed by atoms with Gasteiger partial charge in [0.05, 0.1) is 0 Å². The Labute approximate surface area is 60.6 Å². The van der Waals surface area contributed by atoms with Crippen LogP contribution in [0.5, 0.6) is 0 Å². The highest BCUT2D eigenvalue weighted by atomic mass is 16.3. The first-order chi connectivity index (χ1) is 4.36. The third-order valence-corrected chi connectivity index (χ3v) is 1.34. The first-order valence-corrected chi connectivity index (χ1v) is 3.06. The monoisotopic (exact) mass is 146 g/mol. The maximum atomic E-state index is 10.5. The van der Waals surface area contributed by atoms with Crippen molar-refractivity contribution >= 4 is 5.78 Å². The van der Waals surface area contributed by atoms with E-state index < -0.39 is 5.72 Å². The number of Topliss-reactive ketones (excluding diaryl/α,β-unsaturated/α-hetero) is 1. The minimum absolute atomic E-state index is 0.0556. The second-order valence-electron chi connectivity index (χ2n) is 2.71. The van der Waals surface area contributed by atoms with Crippen LogP contribution in [0, 0.1) is 0 Å². The van der Waals surface area contributed by atoms with Crippen LogP contribution in [0.15, 0.2) is 0 Å². The third kappa shape index (κ3) is 2.91. The van der Waals surface area contributed by atoms with Crippen LogP contribution < -0.4 is 5.84 Å². The number of rotatable bonds is 3. The summed E-state index contributed by atoms with van der Waals surface area (Å²) >= 11 is 0. The van der Waals surface area contributed by atoms with Gasteiger partial charge in [-0.1, -0.05) is 0 Å². The quantitative estimate of drug-likeness (QED) is 0.319. The lowest BCUT2D eigenvalue weighted by molar-refractivity contribution is -0.132. The van der Waals surface area contributed by atoms with Crippen molar-refractivity contribution in [2.45, 2.75) is 26.0 Å². The van der Waals surface area contributed by atoms with Crippen molar-refractivity contribution in [3.63, 3.8) is 0 Å². The van der Waals surface area contributed by atoms with E-state index in [2.05, 4.69) is 0 Å². The first-order valence-electron chi connectivity index (χ1n) is 3.06. The number of carbonyl (C=O) groups excluding carboxylic acids is 1. The van der Waals surface area contributed by atoms with E-state index in [-0.39, 0.29) is 12.2 Å². The summed E-state index contributed by atoms with van der Waals surface area (Å²) in [5.74, 6) is 5.17. The maximum Gasteiger partial charge on any atom is 0.134 e. The van der Waals surface area contributed by atoms with Crippen LogP contribution in [-0.4, -0.2) is 28.7 Å². The molecule has 0 saturated carbocycles. The molecule has 0 rings (SSSR count). The zero-order valence-electron chi connectivity index (χ0n) is 6.59. The summed E-state index contributed by atoms with van der Waals surface area (Å²) in [6.45, 7) is 2.91. The standard InChI is InChI=1S/C6H14N2O2/c1-5(9)4-6(2,10)8(3)7/h10H,4,7H2,1-3H3. The maximum absolute atomic E-state index is 10.5. The molecule has 0 aliphatic heterocycles. The largest absolute Gasteiger partial charge is 0.374 e. The van der Waals surface area contributed by atoms with Crippen molar-refractivity contribution in [1.82, 2.24) is 5.01 Å². The van der Waals surface area contributed by atoms with Crippen molar-refractivity contribution < 1.29 is 9.90 Å². The highest BCUT2D eigenvalue weighted by Crippen LogP contribution is 2.09. The second kappa shape index (κ2) is 3.09. The number of ketones is 1. The Kier molecular flexibility index (Phi) is 2.96. The molecule has 10 heavy (non-hydrogen) atoms. The molecule has 0 aromatic rings. The fraction of sp³-hybridized carbons (Fsp3) is 0.833. The van der Waals surface area contributed by atoms with E-state index in [4.69, 9.17) is 5.84 Å². The van der Waals surface area contributed by atoms with Crippen LogP contribution >= 0.6 is 0 Å². The zero-order valence-corrected chi connectivity index (χ0v) is 6.59. The molecule has 1 atom stereocenters. The lowest BCUT2D eigenvalue weighted by Gasteiger charge is -2.28. The van der Waals surface area contributed by atoms with Gasteiger partial charge < -0.3 is 5.11 Å². The van der Waals surface area contributed by atoms with Gasteiger partial charge in [-0.05, 0) is 13.8 Å². The Morgan fingerprint density at radius 2 is 2.20 bits per heavy atom. The number of nitrogens with two attached hydrogens (primary N) is 1. The average Bonchev–Trinajstić information content (AvgIpc) is 1.60. The average molecular weight is 146 g/mol. The lowest BCUT2D eigenvalue weighted by Crippen LogP contribution is -2.49. The van der Waals surface area contributed by atoms with E-state index >= 15 is 0 Å². The lowest BCUT2D eigenvalue weighted by atomic mass is 10.1. The molecule has 0 saturated heterocycles. The van der Waals surface area contributed by atoms with Crippen molar-refractivity contribution in [2.75, 3.05) is 7.05 Å². The number of hydrazine groups is 1. The van der Waals surface area contributed by atoms with Gasteiger partial charge in [0.2, 0.25) is 0 Å². The highest BCUT2D eigenvalue weighted by Gasteiger charge is 2.25. The number of nitrogens with zero attached hydrogens (tertiary/aromatic N) is 1. The van der Waals surface area contributed by atoms with E-state index in [1.165, 1.54) is 20.9 Å². The molecule has 0 radical (unpaired) electrons. The molecule has 0 bridgehead atoms. The predicted octanol–water partition coefficient (Wildman–Crippen LogP) is -0.520. The smallest absolute Gasteiger partial charge is 0.134 e. The molecule has 0 spiro atoms. The summed E-state index contributed by atoms with van der Waals surface area (Å²) in [6, 6.07) is 0. The highest BCUT2D eigenvalue weighted by molar-refractivity contribution is 5.76. The van der Waals surface area contributed by atoms with Crippen molar-refractivity contribution in [3.05, 3.63) is 0 Å². The molecule has 0 aromatic carbocycles. The molecule has 0 aliphatic rings. The molecule has 4 nitrogen and oxygen atoms in total. The first kappa shape index (κ1) is 9.55. The zero-order chi connectivity index (χ0) is 8.36. The number of hydrogen-bond donors (Lipinski definition) is 2. The fourth-order valence-corrected chi connectivity index (χ4v) is 0.596. The van der Waals surface area contributed by atoms with Crippen molar-refractivity contribution in [3.8, 4) is 0 Å². The Morgan fingerprint density at radius 3 is 2.30 bits per heavy atom. The van der Waals surface area contributed by atoms with Crippen LogP contribution in [0.25, 0.3) is 0 Å². The Morgan fingerprint density at radius 1 is 1.80 bits per heavy atom. The second-order valence-corrected chi connectivity index (χ2v) is 2.71. The van der Waals surface area contributed by atoms with Crippen molar-refractivity contribution in [2.24, 2.45) is 5.84 Å². The van der Waals surface area contributed by atoms with Crippen LogP contribution in [0.2, 0.25) is 0 Å². The summed E-state index contributed by atoms with van der Waals surface area (Å²) in [4.78, 5) is 10.5. The van der Waals surface area contributed by atoms with Gasteiger partial charge in [-0.15, -0.1) is 0 Å². The summed E-state index contributed by atoms with van der Waals surface area (Å²) in [5.41, 5.74) is -1.22. The van der Waals surface area contributed by atoms with Gasteiger partial charge >= 0.3 is 0 Å². The van der Waals surface area contributed by atoms with Crippen LogP contribution in [0.3, 0.4) is 0 Å². The summed E-state index contributed by atoms with van der Waals surface area (Å²) < 4.78 is 0. The van der Waals surface area contributed by atoms with Crippen LogP contribution in [0.1, 0.15) is 20.3 Å². The molecule has 0 amide bonds. The van der Waals surface area contributed by atoms with E-state index in [1.807, 2.05) is 0 Å². The molecule has 0 aromatic heterocycles. The fourth-order valence-electron chi connectivity index (χ4n) is 0.596. The predicted molar refractivity (Wildman–Crippen MR) is 37.9 cm³/mol. The molecule has 0 aliphatic carbocycles. The third-order valence-electron chi connectivity index (χ3n) is 1.34. The molecular weight excluding hydrogens is 132 g/mol. The van der Waals surface area contributed by atoms with Gasteiger partial charge in [0.15, 0.2) is 0 Å². The summed E-state index contributed by atoms with van der Waals surface area (Å²) in [7, 11) is 1.52. The number of carbonyl (C=O) groups is 1. The van der Waals surface area contributed by atoms with Gasteiger partial charge in [0.1, 0.15) is 11.5 Å². The Balaban J connectivity index is 3.99. The molecule has 0 fully saturated rings. The molecular formula is C6H14N2O2. The van der Waals surface area contributed by atoms with Gasteiger partial charge in [0, 0.05) is 13.5 Å². The normalized spacial score (nSPS) is 17.0.